The van der Waals surface area contributed by atoms with E-state index in [1.807, 2.05) is 0 Å². The molecule has 1 aromatic rings. The molecule has 26 heavy (non-hydrogen) atoms. The lowest BCUT2D eigenvalue weighted by Gasteiger charge is -2.40. The van der Waals surface area contributed by atoms with E-state index in [0.717, 1.165) is 32.5 Å². The lowest BCUT2D eigenvalue weighted by atomic mass is 9.79. The van der Waals surface area contributed by atoms with Crippen LogP contribution in [0.2, 0.25) is 0 Å². The van der Waals surface area contributed by atoms with E-state index < -0.39 is 0 Å². The minimum Gasteiger partial charge on any atom is -0.355 e. The van der Waals surface area contributed by atoms with Gasteiger partial charge in [-0.05, 0) is 25.0 Å². The van der Waals surface area contributed by atoms with Crippen molar-refractivity contribution < 1.29 is 9.59 Å². The molecular formula is C17H25IN6O2. The molecule has 2 saturated heterocycles. The van der Waals surface area contributed by atoms with Crippen molar-refractivity contribution in [1.29, 1.82) is 0 Å². The Balaban J connectivity index is 0.00000243. The maximum Gasteiger partial charge on any atom is 0.243 e. The summed E-state index contributed by atoms with van der Waals surface area (Å²) in [5.74, 6) is 0.666. The van der Waals surface area contributed by atoms with Crippen molar-refractivity contribution in [3.8, 4) is 0 Å². The average molecular weight is 472 g/mol. The average Bonchev–Trinajstić information content (AvgIpc) is 2.96. The molecule has 2 fully saturated rings. The van der Waals surface area contributed by atoms with E-state index in [1.54, 1.807) is 31.6 Å². The Bertz CT molecular complexity index is 668. The number of likely N-dealkylation sites (tertiary alicyclic amines) is 1. The molecule has 3 heterocycles. The summed E-state index contributed by atoms with van der Waals surface area (Å²) in [5.41, 5.74) is 0.655. The summed E-state index contributed by atoms with van der Waals surface area (Å²) < 4.78 is 0. The molecule has 0 bridgehead atoms. The fraction of sp³-hybridized carbons (Fsp3) is 0.529. The predicted octanol–water partition coefficient (Wildman–Crippen LogP) is 0.816. The molecule has 0 radical (unpaired) electrons. The van der Waals surface area contributed by atoms with Crippen LogP contribution in [0, 0.1) is 5.41 Å². The maximum absolute atomic E-state index is 12.1. The van der Waals surface area contributed by atoms with Gasteiger partial charge in [0.05, 0.1) is 18.4 Å². The summed E-state index contributed by atoms with van der Waals surface area (Å²) in [6.45, 7) is 2.50. The van der Waals surface area contributed by atoms with Crippen LogP contribution >= 0.6 is 24.0 Å². The smallest absolute Gasteiger partial charge is 0.243 e. The lowest BCUT2D eigenvalue weighted by molar-refractivity contribution is -0.120. The molecule has 1 unspecified atom stereocenters. The van der Waals surface area contributed by atoms with Gasteiger partial charge in [-0.2, -0.15) is 0 Å². The van der Waals surface area contributed by atoms with Gasteiger partial charge in [-0.1, -0.05) is 0 Å². The lowest BCUT2D eigenvalue weighted by Crippen LogP contribution is -2.52. The number of aliphatic imine (C=N–C) groups is 1. The number of nitrogens with one attached hydrogen (secondary N) is 3. The number of rotatable bonds is 3. The number of anilines is 1. The Kier molecular flexibility index (Phi) is 7.18. The van der Waals surface area contributed by atoms with Crippen molar-refractivity contribution in [3.63, 3.8) is 0 Å². The van der Waals surface area contributed by atoms with Gasteiger partial charge in [0.2, 0.25) is 11.8 Å². The van der Waals surface area contributed by atoms with Crippen molar-refractivity contribution in [2.24, 2.45) is 10.4 Å². The van der Waals surface area contributed by atoms with Crippen LogP contribution in [-0.4, -0.2) is 60.9 Å². The second-order valence-electron chi connectivity index (χ2n) is 6.67. The van der Waals surface area contributed by atoms with E-state index >= 15 is 0 Å². The Labute approximate surface area is 170 Å². The normalized spacial score (nSPS) is 22.6. The first-order chi connectivity index (χ1) is 12.1. The van der Waals surface area contributed by atoms with Gasteiger partial charge in [-0.25, -0.2) is 0 Å². The van der Waals surface area contributed by atoms with Gasteiger partial charge in [0, 0.05) is 44.7 Å². The first-order valence-electron chi connectivity index (χ1n) is 8.52. The van der Waals surface area contributed by atoms with Crippen molar-refractivity contribution >= 4 is 47.4 Å². The van der Waals surface area contributed by atoms with E-state index in [0.29, 0.717) is 18.1 Å². The minimum atomic E-state index is -0.154. The summed E-state index contributed by atoms with van der Waals surface area (Å²) in [4.78, 5) is 34.1. The van der Waals surface area contributed by atoms with Crippen LogP contribution in [0.3, 0.4) is 0 Å². The second kappa shape index (κ2) is 9.15. The molecule has 3 N–H and O–H groups in total. The summed E-state index contributed by atoms with van der Waals surface area (Å²) in [6, 6.07) is 3.56. The first kappa shape index (κ1) is 20.4. The number of aromatic nitrogens is 1. The van der Waals surface area contributed by atoms with Gasteiger partial charge >= 0.3 is 0 Å². The number of amides is 2. The number of hydrogen-bond donors (Lipinski definition) is 3. The monoisotopic (exact) mass is 472 g/mol. The van der Waals surface area contributed by atoms with Crippen molar-refractivity contribution in [3.05, 3.63) is 24.5 Å². The SMILES string of the molecule is CN=C(NCC(=O)Nc1cccnc1)N1CCCC2(CNC(=O)C2)C1.I. The highest BCUT2D eigenvalue weighted by atomic mass is 127. The van der Waals surface area contributed by atoms with Crippen LogP contribution in [0.4, 0.5) is 5.69 Å². The largest absolute Gasteiger partial charge is 0.355 e. The standard InChI is InChI=1S/C17H24N6O2.HI/c1-18-16(20-10-15(25)22-13-4-2-6-19-9-13)23-7-3-5-17(12-23)8-14(24)21-11-17;/h2,4,6,9H,3,5,7-8,10-12H2,1H3,(H,18,20)(H,21,24)(H,22,25);1H. The maximum atomic E-state index is 12.1. The Morgan fingerprint density at radius 3 is 3.00 bits per heavy atom. The number of nitrogens with zero attached hydrogens (tertiary/aromatic N) is 3. The molecule has 142 valence electrons. The highest BCUT2D eigenvalue weighted by molar-refractivity contribution is 14.0. The molecule has 0 aromatic carbocycles. The third-order valence-electron chi connectivity index (χ3n) is 4.72. The number of hydrogen-bond acceptors (Lipinski definition) is 4. The zero-order valence-corrected chi connectivity index (χ0v) is 17.2. The van der Waals surface area contributed by atoms with Crippen molar-refractivity contribution in [2.75, 3.05) is 38.5 Å². The van der Waals surface area contributed by atoms with Crippen LogP contribution in [0.1, 0.15) is 19.3 Å². The summed E-state index contributed by atoms with van der Waals surface area (Å²) in [6.07, 6.45) is 5.88. The van der Waals surface area contributed by atoms with Gasteiger partial charge in [0.15, 0.2) is 5.96 Å². The molecule has 1 spiro atoms. The quantitative estimate of drug-likeness (QED) is 0.344. The molecule has 2 amide bonds. The van der Waals surface area contributed by atoms with Crippen molar-refractivity contribution in [1.82, 2.24) is 20.5 Å². The Morgan fingerprint density at radius 2 is 2.35 bits per heavy atom. The third-order valence-corrected chi connectivity index (χ3v) is 4.72. The van der Waals surface area contributed by atoms with Crippen LogP contribution in [0.5, 0.6) is 0 Å². The highest BCUT2D eigenvalue weighted by Gasteiger charge is 2.42. The molecule has 9 heteroatoms. The Morgan fingerprint density at radius 1 is 1.50 bits per heavy atom. The third kappa shape index (κ3) is 5.05. The van der Waals surface area contributed by atoms with Gasteiger partial charge < -0.3 is 20.9 Å². The van der Waals surface area contributed by atoms with Gasteiger partial charge in [-0.3, -0.25) is 19.6 Å². The molecule has 8 nitrogen and oxygen atoms in total. The molecule has 0 aliphatic carbocycles. The molecule has 2 aliphatic heterocycles. The Hall–Kier alpha value is -1.91. The van der Waals surface area contributed by atoms with Crippen molar-refractivity contribution in [2.45, 2.75) is 19.3 Å². The van der Waals surface area contributed by atoms with Gasteiger partial charge in [0.1, 0.15) is 0 Å². The predicted molar refractivity (Wildman–Crippen MR) is 111 cm³/mol. The molecule has 1 atom stereocenters. The molecule has 3 rings (SSSR count). The first-order valence-corrected chi connectivity index (χ1v) is 8.52. The van der Waals surface area contributed by atoms with E-state index in [2.05, 4.69) is 30.8 Å². The number of carbonyl (C=O) groups excluding carboxylic acids is 2. The summed E-state index contributed by atoms with van der Waals surface area (Å²) in [7, 11) is 1.71. The van der Waals surface area contributed by atoms with E-state index in [-0.39, 0.29) is 47.8 Å². The van der Waals surface area contributed by atoms with Crippen LogP contribution in [0.25, 0.3) is 0 Å². The molecule has 0 saturated carbocycles. The molecule has 2 aliphatic rings. The zero-order chi connectivity index (χ0) is 17.7. The fourth-order valence-corrected chi connectivity index (χ4v) is 3.56. The fourth-order valence-electron chi connectivity index (χ4n) is 3.56. The summed E-state index contributed by atoms with van der Waals surface area (Å²) in [5, 5.41) is 8.84. The zero-order valence-electron chi connectivity index (χ0n) is 14.8. The van der Waals surface area contributed by atoms with Gasteiger partial charge in [-0.15, -0.1) is 24.0 Å². The number of guanidine groups is 1. The number of pyridine rings is 1. The van der Waals surface area contributed by atoms with E-state index in [4.69, 9.17) is 0 Å². The molecular weight excluding hydrogens is 447 g/mol. The van der Waals surface area contributed by atoms with E-state index in [9.17, 15) is 9.59 Å². The second-order valence-corrected chi connectivity index (χ2v) is 6.67. The number of carbonyl (C=O) groups is 2. The van der Waals surface area contributed by atoms with Crippen LogP contribution < -0.4 is 16.0 Å². The minimum absolute atomic E-state index is 0. The highest BCUT2D eigenvalue weighted by Crippen LogP contribution is 2.35. The summed E-state index contributed by atoms with van der Waals surface area (Å²) >= 11 is 0. The number of piperidine rings is 1. The number of halogens is 1. The topological polar surface area (TPSA) is 98.7 Å². The van der Waals surface area contributed by atoms with Crippen LogP contribution in [0.15, 0.2) is 29.5 Å². The van der Waals surface area contributed by atoms with E-state index in [1.165, 1.54) is 0 Å². The molecule has 1 aromatic heterocycles. The van der Waals surface area contributed by atoms with Gasteiger partial charge in [0.25, 0.3) is 0 Å². The van der Waals surface area contributed by atoms with Crippen LogP contribution in [-0.2, 0) is 9.59 Å².